The summed E-state index contributed by atoms with van der Waals surface area (Å²) in [7, 11) is 1.61. The minimum absolute atomic E-state index is 0.101. The molecule has 0 atom stereocenters. The fraction of sp³-hybridized carbons (Fsp3) is 0.208. The van der Waals surface area contributed by atoms with Gasteiger partial charge in [-0.05, 0) is 54.4 Å². The van der Waals surface area contributed by atoms with E-state index >= 15 is 0 Å². The lowest BCUT2D eigenvalue weighted by atomic mass is 10.1. The number of amides is 1. The van der Waals surface area contributed by atoms with Crippen molar-refractivity contribution in [1.29, 1.82) is 0 Å². The molecule has 0 aliphatic heterocycles. The van der Waals surface area contributed by atoms with Crippen molar-refractivity contribution in [3.63, 3.8) is 0 Å². The molecule has 4 aromatic rings. The van der Waals surface area contributed by atoms with Crippen molar-refractivity contribution in [1.82, 2.24) is 9.97 Å². The second-order valence-corrected chi connectivity index (χ2v) is 7.89. The first kappa shape index (κ1) is 20.8. The number of hydrogen-bond acceptors (Lipinski definition) is 6. The summed E-state index contributed by atoms with van der Waals surface area (Å²) in [5, 5.41) is 0.643. The third kappa shape index (κ3) is 4.83. The molecule has 0 fully saturated rings. The monoisotopic (exact) mass is 433 g/mol. The van der Waals surface area contributed by atoms with Crippen molar-refractivity contribution in [3.8, 4) is 11.5 Å². The fourth-order valence-corrected chi connectivity index (χ4v) is 4.24. The summed E-state index contributed by atoms with van der Waals surface area (Å²) in [4.78, 5) is 24.0. The van der Waals surface area contributed by atoms with Crippen LogP contribution in [0.3, 0.4) is 0 Å². The van der Waals surface area contributed by atoms with Crippen LogP contribution in [0.1, 0.15) is 18.2 Å². The van der Waals surface area contributed by atoms with Crippen molar-refractivity contribution >= 4 is 32.6 Å². The number of para-hydroxylation sites is 1. The third-order valence-electron chi connectivity index (χ3n) is 4.87. The largest absolute Gasteiger partial charge is 0.497 e. The molecule has 31 heavy (non-hydrogen) atoms. The Labute approximate surface area is 185 Å². The normalized spacial score (nSPS) is 10.8. The quantitative estimate of drug-likeness (QED) is 0.396. The highest BCUT2D eigenvalue weighted by Crippen LogP contribution is 2.32. The topological polar surface area (TPSA) is 64.6 Å². The maximum absolute atomic E-state index is 13.2. The second-order valence-electron chi connectivity index (χ2n) is 6.88. The summed E-state index contributed by atoms with van der Waals surface area (Å²) in [5.74, 6) is 1.15. The Kier molecular flexibility index (Phi) is 6.43. The van der Waals surface area contributed by atoms with Crippen LogP contribution in [0.15, 0.2) is 66.9 Å². The number of benzene rings is 2. The van der Waals surface area contributed by atoms with Gasteiger partial charge in [0, 0.05) is 6.20 Å². The van der Waals surface area contributed by atoms with Crippen LogP contribution < -0.4 is 14.4 Å². The van der Waals surface area contributed by atoms with Crippen LogP contribution in [0.2, 0.25) is 0 Å². The Hall–Kier alpha value is -3.45. The number of ether oxygens (including phenoxy) is 2. The first-order valence-corrected chi connectivity index (χ1v) is 10.8. The number of methoxy groups -OCH3 is 1. The van der Waals surface area contributed by atoms with E-state index in [-0.39, 0.29) is 12.5 Å². The van der Waals surface area contributed by atoms with Gasteiger partial charge in [0.05, 0.1) is 29.6 Å². The van der Waals surface area contributed by atoms with Gasteiger partial charge in [-0.15, -0.1) is 0 Å². The number of fused-ring (bicyclic) bond motifs is 1. The summed E-state index contributed by atoms with van der Waals surface area (Å²) in [6.45, 7) is 2.33. The molecule has 4 rings (SSSR count). The summed E-state index contributed by atoms with van der Waals surface area (Å²) in [6.07, 6.45) is 2.61. The average molecular weight is 434 g/mol. The molecule has 0 radical (unpaired) electrons. The summed E-state index contributed by atoms with van der Waals surface area (Å²) < 4.78 is 12.0. The highest BCUT2D eigenvalue weighted by molar-refractivity contribution is 7.22. The minimum atomic E-state index is -0.182. The maximum atomic E-state index is 13.2. The van der Waals surface area contributed by atoms with Crippen LogP contribution in [0.25, 0.3) is 10.2 Å². The van der Waals surface area contributed by atoms with E-state index < -0.39 is 0 Å². The lowest BCUT2D eigenvalue weighted by Crippen LogP contribution is -2.34. The lowest BCUT2D eigenvalue weighted by Gasteiger charge is -2.19. The lowest BCUT2D eigenvalue weighted by molar-refractivity contribution is -0.120. The molecule has 7 heteroatoms. The molecule has 0 unspecified atom stereocenters. The molecular formula is C24H23N3O3S. The van der Waals surface area contributed by atoms with Gasteiger partial charge in [-0.1, -0.05) is 36.5 Å². The van der Waals surface area contributed by atoms with Gasteiger partial charge >= 0.3 is 0 Å². The summed E-state index contributed by atoms with van der Waals surface area (Å²) in [5.41, 5.74) is 2.90. The van der Waals surface area contributed by atoms with E-state index in [0.717, 1.165) is 28.1 Å². The zero-order valence-electron chi connectivity index (χ0n) is 17.4. The van der Waals surface area contributed by atoms with Gasteiger partial charge in [0.2, 0.25) is 0 Å². The molecule has 0 aliphatic carbocycles. The van der Waals surface area contributed by atoms with Gasteiger partial charge in [-0.3, -0.25) is 14.7 Å². The number of pyridine rings is 1. The van der Waals surface area contributed by atoms with E-state index in [1.807, 2.05) is 30.3 Å². The SMILES string of the molecule is CCc1cccc2sc(N(Cc3ccccn3)C(=O)COc3ccc(OC)cc3)nc12. The van der Waals surface area contributed by atoms with Gasteiger partial charge in [0.25, 0.3) is 5.91 Å². The number of aromatic nitrogens is 2. The van der Waals surface area contributed by atoms with E-state index in [1.54, 1.807) is 42.5 Å². The molecule has 0 aliphatic rings. The standard InChI is InChI=1S/C24H23N3O3S/c1-3-17-7-6-9-21-23(17)26-24(31-21)27(15-18-8-4-5-14-25-18)22(28)16-30-20-12-10-19(29-2)11-13-20/h4-14H,3,15-16H2,1-2H3. The highest BCUT2D eigenvalue weighted by Gasteiger charge is 2.22. The molecule has 6 nitrogen and oxygen atoms in total. The number of hydrogen-bond donors (Lipinski definition) is 0. The van der Waals surface area contributed by atoms with Crippen molar-refractivity contribution in [2.45, 2.75) is 19.9 Å². The van der Waals surface area contributed by atoms with Crippen molar-refractivity contribution < 1.29 is 14.3 Å². The summed E-state index contributed by atoms with van der Waals surface area (Å²) in [6, 6.07) is 18.9. The van der Waals surface area contributed by atoms with Crippen LogP contribution >= 0.6 is 11.3 Å². The van der Waals surface area contributed by atoms with E-state index in [4.69, 9.17) is 14.5 Å². The van der Waals surface area contributed by atoms with Gasteiger partial charge in [-0.25, -0.2) is 4.98 Å². The van der Waals surface area contributed by atoms with Gasteiger partial charge in [0.1, 0.15) is 11.5 Å². The Morgan fingerprint density at radius 3 is 2.55 bits per heavy atom. The number of anilines is 1. The fourth-order valence-electron chi connectivity index (χ4n) is 3.21. The third-order valence-corrected chi connectivity index (χ3v) is 5.92. The molecule has 1 amide bonds. The number of aryl methyl sites for hydroxylation is 1. The zero-order valence-corrected chi connectivity index (χ0v) is 18.3. The van der Waals surface area contributed by atoms with Gasteiger partial charge < -0.3 is 9.47 Å². The predicted molar refractivity (Wildman–Crippen MR) is 123 cm³/mol. The Bertz CT molecular complexity index is 1160. The Morgan fingerprint density at radius 1 is 1.03 bits per heavy atom. The van der Waals surface area contributed by atoms with Crippen LogP contribution in [0, 0.1) is 0 Å². The number of thiazole rings is 1. The molecule has 0 bridgehead atoms. The molecule has 158 valence electrons. The second kappa shape index (κ2) is 9.57. The van der Waals surface area contributed by atoms with Crippen LogP contribution in [0.4, 0.5) is 5.13 Å². The molecule has 0 N–H and O–H groups in total. The number of rotatable bonds is 8. The van der Waals surface area contributed by atoms with Gasteiger partial charge in [-0.2, -0.15) is 0 Å². The van der Waals surface area contributed by atoms with Crippen LogP contribution in [-0.4, -0.2) is 29.6 Å². The molecule has 0 spiro atoms. The van der Waals surface area contributed by atoms with E-state index in [0.29, 0.717) is 17.4 Å². The maximum Gasteiger partial charge on any atom is 0.267 e. The first-order valence-electron chi connectivity index (χ1n) is 10.0. The van der Waals surface area contributed by atoms with E-state index in [2.05, 4.69) is 18.0 Å². The summed E-state index contributed by atoms with van der Waals surface area (Å²) >= 11 is 1.50. The van der Waals surface area contributed by atoms with Crippen molar-refractivity contribution in [2.75, 3.05) is 18.6 Å². The van der Waals surface area contributed by atoms with Crippen molar-refractivity contribution in [2.24, 2.45) is 0 Å². The molecule has 2 heterocycles. The van der Waals surface area contributed by atoms with Crippen LogP contribution in [0.5, 0.6) is 11.5 Å². The first-order chi connectivity index (χ1) is 15.2. The van der Waals surface area contributed by atoms with Gasteiger partial charge in [0.15, 0.2) is 11.7 Å². The smallest absolute Gasteiger partial charge is 0.267 e. The van der Waals surface area contributed by atoms with E-state index in [1.165, 1.54) is 16.9 Å². The Balaban J connectivity index is 1.59. The average Bonchev–Trinajstić information content (AvgIpc) is 3.26. The molecule has 0 saturated heterocycles. The van der Waals surface area contributed by atoms with Crippen LogP contribution in [-0.2, 0) is 17.8 Å². The predicted octanol–water partition coefficient (Wildman–Crippen LogP) is 4.87. The Morgan fingerprint density at radius 2 is 1.84 bits per heavy atom. The minimum Gasteiger partial charge on any atom is -0.497 e. The number of carbonyl (C=O) groups is 1. The molecule has 0 saturated carbocycles. The molecular weight excluding hydrogens is 410 g/mol. The number of nitrogens with zero attached hydrogens (tertiary/aromatic N) is 3. The zero-order chi connectivity index (χ0) is 21.6. The number of carbonyl (C=O) groups excluding carboxylic acids is 1. The highest BCUT2D eigenvalue weighted by atomic mass is 32.1. The molecule has 2 aromatic heterocycles. The molecule has 2 aromatic carbocycles. The van der Waals surface area contributed by atoms with E-state index in [9.17, 15) is 4.79 Å². The van der Waals surface area contributed by atoms with Crippen molar-refractivity contribution in [3.05, 3.63) is 78.1 Å².